The minimum atomic E-state index is -0.537. The van der Waals surface area contributed by atoms with Crippen LogP contribution >= 0.6 is 11.3 Å². The lowest BCUT2D eigenvalue weighted by Gasteiger charge is -2.10. The van der Waals surface area contributed by atoms with E-state index in [1.807, 2.05) is 6.07 Å². The minimum absolute atomic E-state index is 0.412. The Bertz CT molecular complexity index is 488. The summed E-state index contributed by atoms with van der Waals surface area (Å²) in [6, 6.07) is 8.31. The van der Waals surface area contributed by atoms with E-state index in [0.717, 1.165) is 12.0 Å². The largest absolute Gasteiger partial charge is 0.385 e. The van der Waals surface area contributed by atoms with Gasteiger partial charge in [-0.1, -0.05) is 25.1 Å². The minimum Gasteiger partial charge on any atom is -0.385 e. The summed E-state index contributed by atoms with van der Waals surface area (Å²) in [5, 5.41) is 13.6. The molecule has 14 heavy (non-hydrogen) atoms. The van der Waals surface area contributed by atoms with Crippen molar-refractivity contribution >= 4 is 21.4 Å². The van der Waals surface area contributed by atoms with Crippen molar-refractivity contribution in [1.82, 2.24) is 0 Å². The van der Waals surface area contributed by atoms with E-state index in [1.165, 1.54) is 10.1 Å². The molecule has 2 unspecified atom stereocenters. The lowest BCUT2D eigenvalue weighted by molar-refractivity contribution is 0.136. The Hall–Kier alpha value is -0.860. The lowest BCUT2D eigenvalue weighted by Crippen LogP contribution is -2.07. The molecule has 2 aromatic rings. The van der Waals surface area contributed by atoms with Gasteiger partial charge in [0.2, 0.25) is 0 Å². The normalized spacial score (nSPS) is 30.9. The number of thiophene rings is 1. The summed E-state index contributed by atoms with van der Waals surface area (Å²) in [7, 11) is 0. The summed E-state index contributed by atoms with van der Waals surface area (Å²) in [4.78, 5) is 0. The van der Waals surface area contributed by atoms with Crippen molar-refractivity contribution in [3.05, 3.63) is 35.2 Å². The molecular formula is C12H12OS. The van der Waals surface area contributed by atoms with Gasteiger partial charge >= 0.3 is 0 Å². The maximum Gasteiger partial charge on any atom is 0.0940 e. The van der Waals surface area contributed by atoms with Crippen LogP contribution in [0.4, 0.5) is 0 Å². The predicted molar refractivity (Wildman–Crippen MR) is 59.5 cm³/mol. The zero-order chi connectivity index (χ0) is 9.76. The van der Waals surface area contributed by atoms with Gasteiger partial charge in [-0.25, -0.2) is 0 Å². The molecule has 1 aliphatic carbocycles. The van der Waals surface area contributed by atoms with Gasteiger partial charge in [0.1, 0.15) is 0 Å². The summed E-state index contributed by atoms with van der Waals surface area (Å²) in [6.07, 6.45) is 0.907. The Morgan fingerprint density at radius 3 is 2.93 bits per heavy atom. The summed E-state index contributed by atoms with van der Waals surface area (Å²) < 4.78 is 1.25. The first-order valence-electron chi connectivity index (χ1n) is 4.91. The van der Waals surface area contributed by atoms with E-state index in [4.69, 9.17) is 0 Å². The fourth-order valence-corrected chi connectivity index (χ4v) is 3.11. The topological polar surface area (TPSA) is 20.2 Å². The molecule has 1 aliphatic rings. The third-order valence-corrected chi connectivity index (χ3v) is 4.18. The van der Waals surface area contributed by atoms with Crippen molar-refractivity contribution in [2.75, 3.05) is 0 Å². The number of hydrogen-bond acceptors (Lipinski definition) is 2. The van der Waals surface area contributed by atoms with Gasteiger partial charge in [-0.3, -0.25) is 0 Å². The first-order chi connectivity index (χ1) is 6.72. The van der Waals surface area contributed by atoms with E-state index in [9.17, 15) is 5.11 Å². The summed E-state index contributed by atoms with van der Waals surface area (Å²) in [6.45, 7) is 2.10. The van der Waals surface area contributed by atoms with Crippen LogP contribution in [0.1, 0.15) is 18.9 Å². The second-order valence-corrected chi connectivity index (χ2v) is 5.09. The van der Waals surface area contributed by atoms with E-state index >= 15 is 0 Å². The van der Waals surface area contributed by atoms with Crippen LogP contribution in [-0.2, 0) is 5.60 Å². The molecule has 0 bridgehead atoms. The third-order valence-electron chi connectivity index (χ3n) is 3.22. The fraction of sp³-hybridized carbons (Fsp3) is 0.333. The summed E-state index contributed by atoms with van der Waals surface area (Å²) in [5.74, 6) is 0.412. The van der Waals surface area contributed by atoms with Crippen LogP contribution in [0.25, 0.3) is 10.1 Å². The molecule has 0 amide bonds. The standard InChI is InChI=1S/C12H12OS/c1-8-7-12(8,13)10-4-2-3-9-5-6-14-11(9)10/h2-6,8,13H,7H2,1H3. The van der Waals surface area contributed by atoms with Crippen LogP contribution in [0.15, 0.2) is 29.6 Å². The van der Waals surface area contributed by atoms with Gasteiger partial charge < -0.3 is 5.11 Å². The molecule has 1 fully saturated rings. The SMILES string of the molecule is CC1CC1(O)c1cccc2ccsc12. The quantitative estimate of drug-likeness (QED) is 0.756. The molecule has 0 spiro atoms. The molecule has 0 aliphatic heterocycles. The van der Waals surface area contributed by atoms with E-state index in [0.29, 0.717) is 5.92 Å². The number of fused-ring (bicyclic) bond motifs is 1. The van der Waals surface area contributed by atoms with Crippen molar-refractivity contribution in [3.63, 3.8) is 0 Å². The molecule has 2 heteroatoms. The maximum absolute atomic E-state index is 10.3. The van der Waals surface area contributed by atoms with Crippen molar-refractivity contribution < 1.29 is 5.11 Å². The highest BCUT2D eigenvalue weighted by atomic mass is 32.1. The van der Waals surface area contributed by atoms with Gasteiger partial charge in [-0.05, 0) is 29.2 Å². The molecule has 1 heterocycles. The highest BCUT2D eigenvalue weighted by Gasteiger charge is 2.51. The molecule has 1 N–H and O–H groups in total. The molecule has 1 saturated carbocycles. The Balaban J connectivity index is 2.26. The van der Waals surface area contributed by atoms with Gasteiger partial charge in [0.15, 0.2) is 0 Å². The molecule has 1 aromatic heterocycles. The summed E-state index contributed by atoms with van der Waals surface area (Å²) >= 11 is 1.72. The second-order valence-electron chi connectivity index (χ2n) is 4.17. The Morgan fingerprint density at radius 2 is 2.21 bits per heavy atom. The highest BCUT2D eigenvalue weighted by molar-refractivity contribution is 7.17. The fourth-order valence-electron chi connectivity index (χ4n) is 2.12. The monoisotopic (exact) mass is 204 g/mol. The molecule has 2 atom stereocenters. The van der Waals surface area contributed by atoms with E-state index in [2.05, 4.69) is 30.5 Å². The van der Waals surface area contributed by atoms with Crippen LogP contribution in [0.5, 0.6) is 0 Å². The number of benzene rings is 1. The van der Waals surface area contributed by atoms with Gasteiger partial charge in [0.05, 0.1) is 5.60 Å². The van der Waals surface area contributed by atoms with Crippen LogP contribution in [0.2, 0.25) is 0 Å². The molecule has 0 saturated heterocycles. The van der Waals surface area contributed by atoms with Gasteiger partial charge in [-0.2, -0.15) is 0 Å². The van der Waals surface area contributed by atoms with Crippen molar-refractivity contribution in [2.45, 2.75) is 18.9 Å². The van der Waals surface area contributed by atoms with Gasteiger partial charge in [0, 0.05) is 10.3 Å². The molecule has 0 radical (unpaired) electrons. The smallest absolute Gasteiger partial charge is 0.0940 e. The first kappa shape index (κ1) is 8.45. The van der Waals surface area contributed by atoms with Gasteiger partial charge in [-0.15, -0.1) is 11.3 Å². The Labute approximate surface area is 87.0 Å². The van der Waals surface area contributed by atoms with Crippen LogP contribution in [-0.4, -0.2) is 5.11 Å². The van der Waals surface area contributed by atoms with E-state index in [1.54, 1.807) is 11.3 Å². The van der Waals surface area contributed by atoms with Gasteiger partial charge in [0.25, 0.3) is 0 Å². The molecular weight excluding hydrogens is 192 g/mol. The van der Waals surface area contributed by atoms with E-state index in [-0.39, 0.29) is 0 Å². The molecule has 1 aromatic carbocycles. The van der Waals surface area contributed by atoms with Crippen molar-refractivity contribution in [2.24, 2.45) is 5.92 Å². The van der Waals surface area contributed by atoms with Crippen LogP contribution < -0.4 is 0 Å². The van der Waals surface area contributed by atoms with E-state index < -0.39 is 5.60 Å². The van der Waals surface area contributed by atoms with Crippen LogP contribution in [0.3, 0.4) is 0 Å². The zero-order valence-electron chi connectivity index (χ0n) is 8.03. The maximum atomic E-state index is 10.3. The Kier molecular flexibility index (Phi) is 1.56. The zero-order valence-corrected chi connectivity index (χ0v) is 8.84. The van der Waals surface area contributed by atoms with Crippen LogP contribution in [0, 0.1) is 5.92 Å². The molecule has 1 nitrogen and oxygen atoms in total. The number of rotatable bonds is 1. The number of hydrogen-bond donors (Lipinski definition) is 1. The van der Waals surface area contributed by atoms with Crippen molar-refractivity contribution in [3.8, 4) is 0 Å². The second kappa shape index (κ2) is 2.59. The third kappa shape index (κ3) is 0.983. The highest BCUT2D eigenvalue weighted by Crippen LogP contribution is 2.53. The molecule has 72 valence electrons. The van der Waals surface area contributed by atoms with Crippen molar-refractivity contribution in [1.29, 1.82) is 0 Å². The summed E-state index contributed by atoms with van der Waals surface area (Å²) in [5.41, 5.74) is 0.585. The predicted octanol–water partition coefficient (Wildman–Crippen LogP) is 3.13. The average molecular weight is 204 g/mol. The number of aliphatic hydroxyl groups is 1. The molecule has 3 rings (SSSR count). The lowest BCUT2D eigenvalue weighted by atomic mass is 10.0. The Morgan fingerprint density at radius 1 is 1.43 bits per heavy atom. The average Bonchev–Trinajstić information content (AvgIpc) is 2.67. The first-order valence-corrected chi connectivity index (χ1v) is 5.79.